The SMILES string of the molecule is O=C(NCCCO[C@H]1O[C@H](CO)[C@@H](O)[C@H](O)[C@@H]1O)c1cc(CNC(=O)c2cc(Cc3cc(C(=O)NCCCO[C@H]4O[C@H](CO)[C@@H](O)[C@H](O)[C@@H]4O)cc(C(=O)NCCCO[C@H]4O[C@H](CO)[C@@H](O)[C@H](O)[C@@H]4O)c3)cc(C(=O)NCc3cc(C(=O)NCCCO[C@H]4O[C@H](CO)[C@@H](O)[C@H](O)[C@@H]4O)cc(C(=O)NCCCO[C@H]4O[C@H](CO)[C@@H](O)[C@H](O)[C@@H]4O)c3)c2)cc(C(=O)NCCCO[C@H]2O[C@H](CO)[C@@H](O)[C@H](O)[C@@H]2O)c1. The highest BCUT2D eigenvalue weighted by Crippen LogP contribution is 2.31. The molecular formula is C89H128N8O44. The Bertz CT molecular complexity index is 4250. The molecule has 0 bridgehead atoms. The standard InChI is InChI=1S/C89H128N8O44/c98-34-52-58(104)64(110)70(116)84(136-52)130-13-1-7-90-76(122)44-20-40(21-45(28-44)77(123)91-8-2-14-131-85-71(117)65(111)59(105)53(35-99)137-85)19-41-22-46(82(128)96-32-42-24-48(78(124)92-9-3-15-132-86-72(118)66(112)60(106)54(36-100)138-86)30-49(25-42)79(125)93-10-4-16-133-87-73(119)67(113)61(107)55(37-101)139-87)29-47(23-41)83(129)97-33-43-26-50(80(126)94-11-5-17-134-88-74(120)68(114)62(108)56(38-102)140-88)31-51(27-43)81(127)95-12-6-18-135-89-75(121)69(115)63(109)57(39-103)141-89/h20-31,52-75,84-89,98-121H,1-19,32-39H2,(H,90,122)(H,91,123)(H,92,124)(H,93,125)(H,94,126)(H,95,127)(H,96,128)(H,97,129)/t52-,53-,54-,55-,56-,57-,58-,59-,60-,61-,62-,63-,64+,65+,66+,67+,68+,69+,70+,71+,72+,73+,74+,75+,84+,85+,86+,87+,88+,89+/m1/s1. The molecule has 6 saturated heterocycles. The normalized spacial score (nSPS) is 31.1. The van der Waals surface area contributed by atoms with Crippen LogP contribution in [-0.4, -0.2) is 473 Å². The lowest BCUT2D eigenvalue weighted by atomic mass is 9.96. The average Bonchev–Trinajstić information content (AvgIpc) is 0.786. The highest BCUT2D eigenvalue weighted by atomic mass is 16.7. The zero-order valence-corrected chi connectivity index (χ0v) is 76.2. The van der Waals surface area contributed by atoms with Crippen LogP contribution in [0.15, 0.2) is 72.8 Å². The van der Waals surface area contributed by atoms with E-state index in [1.807, 2.05) is 0 Å². The molecule has 10 rings (SSSR count). The van der Waals surface area contributed by atoms with Crippen molar-refractivity contribution in [3.8, 4) is 0 Å². The van der Waals surface area contributed by atoms with Gasteiger partial charge in [-0.15, -0.1) is 0 Å². The molecule has 6 aliphatic heterocycles. The molecule has 141 heavy (non-hydrogen) atoms. The highest BCUT2D eigenvalue weighted by Gasteiger charge is 2.50. The third kappa shape index (κ3) is 31.1. The van der Waals surface area contributed by atoms with E-state index in [1.165, 1.54) is 66.7 Å². The van der Waals surface area contributed by atoms with E-state index in [4.69, 9.17) is 56.8 Å². The monoisotopic (exact) mass is 2010 g/mol. The topological polar surface area (TPSA) is 829 Å². The summed E-state index contributed by atoms with van der Waals surface area (Å²) in [6.07, 6.45) is -48.0. The maximum atomic E-state index is 15.1. The Morgan fingerprint density at radius 2 is 0.355 bits per heavy atom. The van der Waals surface area contributed by atoms with Gasteiger partial charge < -0.3 is 222 Å². The molecule has 4 aromatic rings. The summed E-state index contributed by atoms with van der Waals surface area (Å²) >= 11 is 0. The van der Waals surface area contributed by atoms with Gasteiger partial charge in [0.1, 0.15) is 146 Å². The molecule has 6 fully saturated rings. The van der Waals surface area contributed by atoms with Gasteiger partial charge in [0.2, 0.25) is 0 Å². The van der Waals surface area contributed by atoms with Crippen LogP contribution < -0.4 is 42.5 Å². The molecule has 0 unspecified atom stereocenters. The molecule has 32 N–H and O–H groups in total. The Labute approximate surface area is 804 Å². The summed E-state index contributed by atoms with van der Waals surface area (Å²) in [5, 5.41) is 266. The van der Waals surface area contributed by atoms with Crippen molar-refractivity contribution >= 4 is 47.3 Å². The lowest BCUT2D eigenvalue weighted by Gasteiger charge is -2.39. The van der Waals surface area contributed by atoms with E-state index in [2.05, 4.69) is 42.5 Å². The number of ether oxygens (including phenoxy) is 12. The van der Waals surface area contributed by atoms with Gasteiger partial charge in [-0.25, -0.2) is 0 Å². The van der Waals surface area contributed by atoms with Crippen LogP contribution in [0.2, 0.25) is 0 Å². The molecule has 6 aliphatic rings. The summed E-state index contributed by atoms with van der Waals surface area (Å²) in [6, 6.07) is 15.5. The van der Waals surface area contributed by atoms with E-state index < -0.39 is 284 Å². The number of amides is 8. The molecule has 6 heterocycles. The number of carbonyl (C=O) groups is 8. The molecule has 8 amide bonds. The molecule has 30 atom stereocenters. The van der Waals surface area contributed by atoms with Crippen LogP contribution in [-0.2, 0) is 76.4 Å². The second kappa shape index (κ2) is 55.5. The molecular weight excluding hydrogens is 1880 g/mol. The van der Waals surface area contributed by atoms with Crippen LogP contribution in [0.5, 0.6) is 0 Å². The van der Waals surface area contributed by atoms with Crippen LogP contribution in [0.25, 0.3) is 0 Å². The number of nitrogens with one attached hydrogen (secondary N) is 8. The predicted molar refractivity (Wildman–Crippen MR) is 471 cm³/mol. The van der Waals surface area contributed by atoms with Gasteiger partial charge in [0.15, 0.2) is 37.7 Å². The Hall–Kier alpha value is -8.80. The number of carbonyl (C=O) groups excluding carboxylic acids is 8. The fraction of sp³-hybridized carbons (Fsp3) is 0.640. The van der Waals surface area contributed by atoms with Gasteiger partial charge in [0, 0.05) is 96.9 Å². The summed E-state index contributed by atoms with van der Waals surface area (Å²) < 4.78 is 65.9. The van der Waals surface area contributed by atoms with Gasteiger partial charge in [-0.05, 0) is 140 Å². The smallest absolute Gasteiger partial charge is 0.251 e. The van der Waals surface area contributed by atoms with Crippen molar-refractivity contribution in [3.63, 3.8) is 0 Å². The minimum atomic E-state index is -1.76. The quantitative estimate of drug-likeness (QED) is 0.0183. The van der Waals surface area contributed by atoms with Gasteiger partial charge >= 0.3 is 0 Å². The largest absolute Gasteiger partial charge is 0.394 e. The van der Waals surface area contributed by atoms with E-state index in [1.54, 1.807) is 0 Å². The van der Waals surface area contributed by atoms with Gasteiger partial charge in [-0.3, -0.25) is 38.4 Å². The van der Waals surface area contributed by atoms with E-state index in [0.29, 0.717) is 0 Å². The maximum absolute atomic E-state index is 15.1. The molecule has 52 nitrogen and oxygen atoms in total. The zero-order valence-electron chi connectivity index (χ0n) is 76.2. The van der Waals surface area contributed by atoms with Crippen molar-refractivity contribution in [1.29, 1.82) is 0 Å². The van der Waals surface area contributed by atoms with E-state index in [-0.39, 0.29) is 191 Å². The molecule has 52 heteroatoms. The minimum Gasteiger partial charge on any atom is -0.394 e. The average molecular weight is 2010 g/mol. The van der Waals surface area contributed by atoms with Gasteiger partial charge in [-0.1, -0.05) is 0 Å². The van der Waals surface area contributed by atoms with Crippen molar-refractivity contribution in [2.24, 2.45) is 0 Å². The van der Waals surface area contributed by atoms with Crippen molar-refractivity contribution in [3.05, 3.63) is 140 Å². The van der Waals surface area contributed by atoms with Crippen LogP contribution in [0, 0.1) is 0 Å². The second-order valence-electron chi connectivity index (χ2n) is 34.3. The molecule has 4 aromatic carbocycles. The number of hydrogen-bond donors (Lipinski definition) is 32. The highest BCUT2D eigenvalue weighted by molar-refractivity contribution is 6.03. The van der Waals surface area contributed by atoms with Crippen LogP contribution in [0.3, 0.4) is 0 Å². The lowest BCUT2D eigenvalue weighted by Crippen LogP contribution is -2.59. The van der Waals surface area contributed by atoms with Crippen molar-refractivity contribution < 1.29 is 218 Å². The predicted octanol–water partition coefficient (Wildman–Crippen LogP) is -13.2. The number of hydrogen-bond acceptors (Lipinski definition) is 44. The number of aliphatic hydroxyl groups is 24. The first-order chi connectivity index (χ1) is 67.4. The Balaban J connectivity index is 0.936. The van der Waals surface area contributed by atoms with E-state index >= 15 is 9.59 Å². The first-order valence-electron chi connectivity index (χ1n) is 45.8. The third-order valence-corrected chi connectivity index (χ3v) is 23.8. The minimum absolute atomic E-state index is 0.0121. The molecule has 0 aliphatic carbocycles. The summed E-state index contributed by atoms with van der Waals surface area (Å²) in [7, 11) is 0. The van der Waals surface area contributed by atoms with Crippen LogP contribution in [0.4, 0.5) is 0 Å². The maximum Gasteiger partial charge on any atom is 0.251 e. The van der Waals surface area contributed by atoms with Crippen molar-refractivity contribution in [2.75, 3.05) is 119 Å². The van der Waals surface area contributed by atoms with E-state index in [9.17, 15) is 151 Å². The van der Waals surface area contributed by atoms with Crippen molar-refractivity contribution in [2.45, 2.75) is 242 Å². The first-order valence-corrected chi connectivity index (χ1v) is 45.8. The molecule has 0 spiro atoms. The van der Waals surface area contributed by atoms with Gasteiger partial charge in [0.05, 0.1) is 79.3 Å². The number of aliphatic hydroxyl groups excluding tert-OH is 24. The zero-order chi connectivity index (χ0) is 103. The molecule has 0 radical (unpaired) electrons. The Kier molecular flexibility index (Phi) is 44.9. The fourth-order valence-corrected chi connectivity index (χ4v) is 15.7. The molecule has 0 aromatic heterocycles. The summed E-state index contributed by atoms with van der Waals surface area (Å²) in [5.41, 5.74) is -0.975. The first kappa shape index (κ1) is 114. The van der Waals surface area contributed by atoms with E-state index in [0.717, 1.165) is 6.07 Å². The van der Waals surface area contributed by atoms with Crippen LogP contribution >= 0.6 is 0 Å². The molecule has 0 saturated carbocycles. The second-order valence-corrected chi connectivity index (χ2v) is 34.3. The van der Waals surface area contributed by atoms with Gasteiger partial charge in [0.25, 0.3) is 47.3 Å². The van der Waals surface area contributed by atoms with Crippen molar-refractivity contribution in [1.82, 2.24) is 42.5 Å². The fourth-order valence-electron chi connectivity index (χ4n) is 15.7. The summed E-state index contributed by atoms with van der Waals surface area (Å²) in [6.45, 7) is -7.67. The lowest BCUT2D eigenvalue weighted by molar-refractivity contribution is -0.301. The summed E-state index contributed by atoms with van der Waals surface area (Å²) in [4.78, 5) is 115. The molecule has 788 valence electrons. The third-order valence-electron chi connectivity index (χ3n) is 23.8. The number of rotatable bonds is 50. The Morgan fingerprint density at radius 1 is 0.206 bits per heavy atom. The van der Waals surface area contributed by atoms with Crippen LogP contribution in [0.1, 0.15) is 144 Å². The number of benzene rings is 4. The summed E-state index contributed by atoms with van der Waals surface area (Å²) in [5.74, 6) is -6.59. The van der Waals surface area contributed by atoms with Gasteiger partial charge in [-0.2, -0.15) is 0 Å². The Morgan fingerprint density at radius 3 is 0.511 bits per heavy atom.